The third-order valence-corrected chi connectivity index (χ3v) is 3.22. The van der Waals surface area contributed by atoms with Gasteiger partial charge in [-0.1, -0.05) is 18.2 Å². The van der Waals surface area contributed by atoms with E-state index < -0.39 is 0 Å². The monoisotopic (exact) mass is 315 g/mol. The number of para-hydroxylation sites is 1. The van der Waals surface area contributed by atoms with Crippen molar-refractivity contribution in [2.45, 2.75) is 13.8 Å². The van der Waals surface area contributed by atoms with Crippen LogP contribution in [0.4, 0.5) is 11.5 Å². The minimum Gasteiger partial charge on any atom is -0.483 e. The molecule has 1 aromatic heterocycles. The molecule has 1 aromatic carbocycles. The number of rotatable bonds is 7. The van der Waals surface area contributed by atoms with Crippen LogP contribution in [-0.2, 0) is 4.79 Å². The van der Waals surface area contributed by atoms with Crippen LogP contribution in [0.1, 0.15) is 11.1 Å². The van der Waals surface area contributed by atoms with Crippen molar-refractivity contribution in [3.8, 4) is 5.75 Å². The molecule has 0 radical (unpaired) electrons. The highest BCUT2D eigenvalue weighted by atomic mass is 16.5. The van der Waals surface area contributed by atoms with E-state index in [0.29, 0.717) is 18.1 Å². The molecule has 0 atom stereocenters. The SMILES string of the molecule is Cc1cccc(C)c1OCC(=O)Nc1ccc(NCCO)nc1. The molecule has 2 rings (SSSR count). The van der Waals surface area contributed by atoms with Gasteiger partial charge in [0.25, 0.3) is 5.91 Å². The van der Waals surface area contributed by atoms with Crippen LogP contribution in [0.25, 0.3) is 0 Å². The number of anilines is 2. The fourth-order valence-electron chi connectivity index (χ4n) is 2.12. The van der Waals surface area contributed by atoms with Crippen molar-refractivity contribution in [1.82, 2.24) is 4.98 Å². The second-order valence-corrected chi connectivity index (χ2v) is 5.14. The molecule has 0 saturated heterocycles. The molecule has 0 aliphatic rings. The highest BCUT2D eigenvalue weighted by molar-refractivity contribution is 5.91. The van der Waals surface area contributed by atoms with E-state index >= 15 is 0 Å². The highest BCUT2D eigenvalue weighted by Gasteiger charge is 2.08. The number of nitrogens with zero attached hydrogens (tertiary/aromatic N) is 1. The van der Waals surface area contributed by atoms with Crippen LogP contribution in [0.2, 0.25) is 0 Å². The molecule has 0 saturated carbocycles. The molecule has 3 N–H and O–H groups in total. The minimum atomic E-state index is -0.245. The van der Waals surface area contributed by atoms with Crippen LogP contribution < -0.4 is 15.4 Å². The number of nitrogens with one attached hydrogen (secondary N) is 2. The van der Waals surface area contributed by atoms with E-state index in [2.05, 4.69) is 15.6 Å². The summed E-state index contributed by atoms with van der Waals surface area (Å²) in [6.07, 6.45) is 1.55. The summed E-state index contributed by atoms with van der Waals surface area (Å²) in [5, 5.41) is 14.4. The maximum atomic E-state index is 12.0. The summed E-state index contributed by atoms with van der Waals surface area (Å²) < 4.78 is 5.61. The maximum Gasteiger partial charge on any atom is 0.262 e. The minimum absolute atomic E-state index is 0.0375. The molecule has 0 aliphatic heterocycles. The lowest BCUT2D eigenvalue weighted by molar-refractivity contribution is -0.118. The first-order valence-corrected chi connectivity index (χ1v) is 7.40. The molecule has 6 nitrogen and oxygen atoms in total. The Labute approximate surface area is 135 Å². The molecule has 0 unspecified atom stereocenters. The zero-order valence-electron chi connectivity index (χ0n) is 13.3. The number of aliphatic hydroxyl groups is 1. The van der Waals surface area contributed by atoms with Crippen LogP contribution >= 0.6 is 0 Å². The maximum absolute atomic E-state index is 12.0. The van der Waals surface area contributed by atoms with Crippen LogP contribution in [-0.4, -0.2) is 35.8 Å². The van der Waals surface area contributed by atoms with E-state index in [1.54, 1.807) is 18.3 Å². The summed E-state index contributed by atoms with van der Waals surface area (Å²) in [5.74, 6) is 1.14. The zero-order chi connectivity index (χ0) is 16.7. The van der Waals surface area contributed by atoms with Gasteiger partial charge < -0.3 is 20.5 Å². The van der Waals surface area contributed by atoms with Gasteiger partial charge in [0.2, 0.25) is 0 Å². The number of hydrogen-bond donors (Lipinski definition) is 3. The lowest BCUT2D eigenvalue weighted by Gasteiger charge is -2.12. The summed E-state index contributed by atoms with van der Waals surface area (Å²) in [6, 6.07) is 9.32. The normalized spacial score (nSPS) is 10.2. The fourth-order valence-corrected chi connectivity index (χ4v) is 2.12. The molecule has 2 aromatic rings. The van der Waals surface area contributed by atoms with E-state index in [1.165, 1.54) is 0 Å². The van der Waals surface area contributed by atoms with Gasteiger partial charge in [-0.25, -0.2) is 4.98 Å². The number of aliphatic hydroxyl groups excluding tert-OH is 1. The van der Waals surface area contributed by atoms with Crippen LogP contribution in [0.5, 0.6) is 5.75 Å². The lowest BCUT2D eigenvalue weighted by atomic mass is 10.1. The van der Waals surface area contributed by atoms with Gasteiger partial charge >= 0.3 is 0 Å². The number of amides is 1. The first-order chi connectivity index (χ1) is 11.1. The Hall–Kier alpha value is -2.60. The predicted molar refractivity (Wildman–Crippen MR) is 89.9 cm³/mol. The van der Waals surface area contributed by atoms with Gasteiger partial charge in [-0.15, -0.1) is 0 Å². The van der Waals surface area contributed by atoms with Crippen molar-refractivity contribution < 1.29 is 14.6 Å². The molecular weight excluding hydrogens is 294 g/mol. The number of carbonyl (C=O) groups is 1. The van der Waals surface area contributed by atoms with Crippen molar-refractivity contribution >= 4 is 17.4 Å². The van der Waals surface area contributed by atoms with Gasteiger partial charge in [0, 0.05) is 6.54 Å². The zero-order valence-corrected chi connectivity index (χ0v) is 13.3. The highest BCUT2D eigenvalue weighted by Crippen LogP contribution is 2.22. The smallest absolute Gasteiger partial charge is 0.262 e. The van der Waals surface area contributed by atoms with E-state index in [1.807, 2.05) is 32.0 Å². The molecule has 0 spiro atoms. The fraction of sp³-hybridized carbons (Fsp3) is 0.294. The van der Waals surface area contributed by atoms with E-state index in [-0.39, 0.29) is 19.1 Å². The van der Waals surface area contributed by atoms with Crippen LogP contribution in [0.15, 0.2) is 36.5 Å². The number of aryl methyl sites for hydroxylation is 2. The van der Waals surface area contributed by atoms with Crippen LogP contribution in [0, 0.1) is 13.8 Å². The summed E-state index contributed by atoms with van der Waals surface area (Å²) in [7, 11) is 0. The van der Waals surface area contributed by atoms with Crippen LogP contribution in [0.3, 0.4) is 0 Å². The van der Waals surface area contributed by atoms with Gasteiger partial charge in [0.15, 0.2) is 6.61 Å². The van der Waals surface area contributed by atoms with Gasteiger partial charge in [-0.3, -0.25) is 4.79 Å². The number of carbonyl (C=O) groups excluding carboxylic acids is 1. The Balaban J connectivity index is 1.87. The second-order valence-electron chi connectivity index (χ2n) is 5.14. The van der Waals surface area contributed by atoms with Gasteiger partial charge in [-0.2, -0.15) is 0 Å². The van der Waals surface area contributed by atoms with Crippen molar-refractivity contribution in [1.29, 1.82) is 0 Å². The Morgan fingerprint density at radius 1 is 1.22 bits per heavy atom. The Morgan fingerprint density at radius 3 is 2.57 bits per heavy atom. The third-order valence-electron chi connectivity index (χ3n) is 3.22. The Bertz CT molecular complexity index is 636. The average molecular weight is 315 g/mol. The summed E-state index contributed by atoms with van der Waals surface area (Å²) in [6.45, 7) is 4.30. The van der Waals surface area contributed by atoms with Crippen molar-refractivity contribution in [2.24, 2.45) is 0 Å². The lowest BCUT2D eigenvalue weighted by Crippen LogP contribution is -2.20. The number of hydrogen-bond acceptors (Lipinski definition) is 5. The molecule has 0 bridgehead atoms. The Morgan fingerprint density at radius 2 is 1.96 bits per heavy atom. The van der Waals surface area contributed by atoms with Gasteiger partial charge in [0.1, 0.15) is 11.6 Å². The Kier molecular flexibility index (Phi) is 5.94. The molecule has 122 valence electrons. The van der Waals surface area contributed by atoms with Gasteiger partial charge in [-0.05, 0) is 37.1 Å². The van der Waals surface area contributed by atoms with Crippen molar-refractivity contribution in [3.63, 3.8) is 0 Å². The number of ether oxygens (including phenoxy) is 1. The third kappa shape index (κ3) is 4.96. The van der Waals surface area contributed by atoms with Gasteiger partial charge in [0.05, 0.1) is 18.5 Å². The summed E-state index contributed by atoms with van der Waals surface area (Å²) in [4.78, 5) is 16.1. The molecule has 6 heteroatoms. The quantitative estimate of drug-likeness (QED) is 0.729. The molecule has 0 aliphatic carbocycles. The molecule has 23 heavy (non-hydrogen) atoms. The summed E-state index contributed by atoms with van der Waals surface area (Å²) >= 11 is 0. The van der Waals surface area contributed by atoms with E-state index in [0.717, 1.165) is 16.9 Å². The van der Waals surface area contributed by atoms with E-state index in [9.17, 15) is 4.79 Å². The first kappa shape index (κ1) is 16.8. The molecule has 1 amide bonds. The average Bonchev–Trinajstić information content (AvgIpc) is 2.54. The second kappa shape index (κ2) is 8.14. The summed E-state index contributed by atoms with van der Waals surface area (Å²) in [5.41, 5.74) is 2.59. The van der Waals surface area contributed by atoms with Crippen molar-refractivity contribution in [2.75, 3.05) is 30.4 Å². The number of benzene rings is 1. The predicted octanol–water partition coefficient (Wildman–Crippen LogP) is 2.12. The molecule has 1 heterocycles. The number of pyridine rings is 1. The largest absolute Gasteiger partial charge is 0.483 e. The molecular formula is C17H21N3O3. The number of aromatic nitrogens is 1. The first-order valence-electron chi connectivity index (χ1n) is 7.40. The van der Waals surface area contributed by atoms with Crippen molar-refractivity contribution in [3.05, 3.63) is 47.7 Å². The standard InChI is InChI=1S/C17H21N3O3/c1-12-4-3-5-13(2)17(12)23-11-16(22)20-14-6-7-15(19-10-14)18-8-9-21/h3-7,10,21H,8-9,11H2,1-2H3,(H,18,19)(H,20,22). The molecule has 0 fully saturated rings. The van der Waals surface area contributed by atoms with E-state index in [4.69, 9.17) is 9.84 Å². The topological polar surface area (TPSA) is 83.5 Å².